The quantitative estimate of drug-likeness (QED) is 0.553. The van der Waals surface area contributed by atoms with Crippen molar-refractivity contribution in [1.82, 2.24) is 10.2 Å². The number of ether oxygens (including phenoxy) is 1. The molecule has 1 aliphatic heterocycles. The van der Waals surface area contributed by atoms with Gasteiger partial charge in [0, 0.05) is 25.2 Å². The molecular weight excluding hydrogens is 464 g/mol. The van der Waals surface area contributed by atoms with E-state index in [4.69, 9.17) is 9.16 Å². The van der Waals surface area contributed by atoms with Crippen LogP contribution < -0.4 is 15.7 Å². The van der Waals surface area contributed by atoms with E-state index in [0.29, 0.717) is 6.04 Å². The predicted molar refractivity (Wildman–Crippen MR) is 149 cm³/mol. The summed E-state index contributed by atoms with van der Waals surface area (Å²) in [5.74, 6) is 0. The maximum absolute atomic E-state index is 12.1. The van der Waals surface area contributed by atoms with E-state index in [1.165, 1.54) is 10.4 Å². The van der Waals surface area contributed by atoms with Gasteiger partial charge in [-0.05, 0) is 61.9 Å². The molecule has 0 spiro atoms. The molecule has 0 aromatic heterocycles. The van der Waals surface area contributed by atoms with Gasteiger partial charge in [-0.25, -0.2) is 4.79 Å². The maximum Gasteiger partial charge on any atom is 0.407 e. The Bertz CT molecular complexity index is 947. The predicted octanol–water partition coefficient (Wildman–Crippen LogP) is 5.08. The molecule has 0 atom stereocenters. The molecule has 2 fully saturated rings. The van der Waals surface area contributed by atoms with E-state index in [-0.39, 0.29) is 23.3 Å². The average Bonchev–Trinajstić information content (AvgIpc) is 2.78. The fourth-order valence-electron chi connectivity index (χ4n) is 5.84. The summed E-state index contributed by atoms with van der Waals surface area (Å²) in [6.45, 7) is 14.7. The third-order valence-electron chi connectivity index (χ3n) is 7.57. The first kappa shape index (κ1) is 26.9. The van der Waals surface area contributed by atoms with Gasteiger partial charge in [-0.3, -0.25) is 4.90 Å². The normalized spacial score (nSPS) is 22.1. The second-order valence-electron chi connectivity index (χ2n) is 12.5. The number of rotatable bonds is 6. The molecule has 1 aliphatic carbocycles. The van der Waals surface area contributed by atoms with Crippen LogP contribution in [0.25, 0.3) is 0 Å². The van der Waals surface area contributed by atoms with E-state index >= 15 is 0 Å². The third-order valence-corrected chi connectivity index (χ3v) is 12.7. The molecule has 5 nitrogen and oxygen atoms in total. The molecule has 2 aliphatic rings. The zero-order valence-corrected chi connectivity index (χ0v) is 23.9. The smallest absolute Gasteiger partial charge is 0.407 e. The molecule has 196 valence electrons. The summed E-state index contributed by atoms with van der Waals surface area (Å²) in [5, 5.41) is 5.75. The van der Waals surface area contributed by atoms with Crippen molar-refractivity contribution in [3.8, 4) is 0 Å². The van der Waals surface area contributed by atoms with Crippen molar-refractivity contribution < 1.29 is 14.0 Å². The van der Waals surface area contributed by atoms with Crippen LogP contribution in [0.3, 0.4) is 0 Å². The van der Waals surface area contributed by atoms with Crippen LogP contribution in [-0.4, -0.2) is 56.2 Å². The molecule has 0 radical (unpaired) electrons. The summed E-state index contributed by atoms with van der Waals surface area (Å²) in [6.07, 6.45) is 4.16. The van der Waals surface area contributed by atoms with Crippen molar-refractivity contribution >= 4 is 24.8 Å². The third kappa shape index (κ3) is 6.04. The summed E-state index contributed by atoms with van der Waals surface area (Å²) in [5.41, 5.74) is -0.459. The fraction of sp³-hybridized carbons (Fsp3) is 0.567. The Morgan fingerprint density at radius 3 is 1.78 bits per heavy atom. The first-order valence-electron chi connectivity index (χ1n) is 13.5. The second-order valence-corrected chi connectivity index (χ2v) is 16.8. The summed E-state index contributed by atoms with van der Waals surface area (Å²) < 4.78 is 12.7. The Morgan fingerprint density at radius 2 is 1.33 bits per heavy atom. The number of carbonyl (C=O) groups excluding carboxylic acids is 1. The first-order chi connectivity index (χ1) is 17.0. The van der Waals surface area contributed by atoms with Crippen LogP contribution in [0.15, 0.2) is 60.7 Å². The van der Waals surface area contributed by atoms with Gasteiger partial charge < -0.3 is 14.5 Å². The van der Waals surface area contributed by atoms with Gasteiger partial charge in [0.25, 0.3) is 8.32 Å². The molecule has 2 aromatic rings. The highest BCUT2D eigenvalue weighted by Crippen LogP contribution is 2.39. The molecule has 1 saturated heterocycles. The number of alkyl carbamates (subject to hydrolysis) is 1. The van der Waals surface area contributed by atoms with Crippen molar-refractivity contribution in [1.29, 1.82) is 0 Å². The number of carbonyl (C=O) groups is 1. The minimum Gasteiger partial charge on any atom is -0.444 e. The molecule has 0 bridgehead atoms. The lowest BCUT2D eigenvalue weighted by Crippen LogP contribution is -2.71. The van der Waals surface area contributed by atoms with Gasteiger partial charge >= 0.3 is 6.09 Å². The van der Waals surface area contributed by atoms with Crippen molar-refractivity contribution in [3.05, 3.63) is 60.7 Å². The number of benzene rings is 2. The average molecular weight is 509 g/mol. The topological polar surface area (TPSA) is 50.8 Å². The molecule has 1 heterocycles. The molecule has 2 aromatic carbocycles. The van der Waals surface area contributed by atoms with Gasteiger partial charge in [0.15, 0.2) is 0 Å². The molecular formula is C30H44N2O3Si. The maximum atomic E-state index is 12.1. The van der Waals surface area contributed by atoms with Crippen molar-refractivity contribution in [2.24, 2.45) is 0 Å². The van der Waals surface area contributed by atoms with Crippen LogP contribution >= 0.6 is 0 Å². The highest BCUT2D eigenvalue weighted by molar-refractivity contribution is 6.99. The second kappa shape index (κ2) is 10.7. The Labute approximate surface area is 218 Å². The fourth-order valence-corrected chi connectivity index (χ4v) is 10.5. The van der Waals surface area contributed by atoms with Crippen LogP contribution in [-0.2, 0) is 9.16 Å². The minimum atomic E-state index is -2.50. The lowest BCUT2D eigenvalue weighted by Gasteiger charge is -2.52. The number of likely N-dealkylation sites (tertiary alicyclic amines) is 1. The summed E-state index contributed by atoms with van der Waals surface area (Å²) >= 11 is 0. The van der Waals surface area contributed by atoms with Gasteiger partial charge in [-0.2, -0.15) is 0 Å². The molecule has 1 saturated carbocycles. The van der Waals surface area contributed by atoms with Crippen LogP contribution in [0.5, 0.6) is 0 Å². The van der Waals surface area contributed by atoms with E-state index in [1.807, 2.05) is 20.8 Å². The monoisotopic (exact) mass is 508 g/mol. The molecule has 36 heavy (non-hydrogen) atoms. The van der Waals surface area contributed by atoms with E-state index in [1.54, 1.807) is 0 Å². The number of hydrogen-bond donors (Lipinski definition) is 1. The van der Waals surface area contributed by atoms with Crippen LogP contribution in [0.1, 0.15) is 67.2 Å². The summed E-state index contributed by atoms with van der Waals surface area (Å²) in [4.78, 5) is 14.7. The molecule has 1 amide bonds. The number of hydrogen-bond acceptors (Lipinski definition) is 4. The molecule has 6 heteroatoms. The molecule has 0 unspecified atom stereocenters. The van der Waals surface area contributed by atoms with Crippen LogP contribution in [0.2, 0.25) is 5.04 Å². The lowest BCUT2D eigenvalue weighted by molar-refractivity contribution is -0.0262. The highest BCUT2D eigenvalue weighted by Gasteiger charge is 2.53. The highest BCUT2D eigenvalue weighted by atomic mass is 28.4. The zero-order valence-electron chi connectivity index (χ0n) is 22.9. The van der Waals surface area contributed by atoms with Crippen molar-refractivity contribution in [2.75, 3.05) is 13.1 Å². The SMILES string of the molecule is CC(C)(C)OC(=O)NC1CCC(N2CC(O[Si](c3ccccc3)(c3ccccc3)C(C)(C)C)C2)CC1. The van der Waals surface area contributed by atoms with Crippen molar-refractivity contribution in [2.45, 2.75) is 96.1 Å². The Balaban J connectivity index is 1.39. The van der Waals surface area contributed by atoms with Gasteiger partial charge in [0.05, 0.1) is 6.10 Å². The van der Waals surface area contributed by atoms with Gasteiger partial charge in [-0.1, -0.05) is 81.4 Å². The van der Waals surface area contributed by atoms with E-state index < -0.39 is 13.9 Å². The van der Waals surface area contributed by atoms with Crippen molar-refractivity contribution in [3.63, 3.8) is 0 Å². The Hall–Kier alpha value is -2.15. The molecule has 4 rings (SSSR count). The lowest BCUT2D eigenvalue weighted by atomic mass is 9.88. The Kier molecular flexibility index (Phi) is 7.98. The van der Waals surface area contributed by atoms with Gasteiger partial charge in [-0.15, -0.1) is 0 Å². The molecule has 1 N–H and O–H groups in total. The van der Waals surface area contributed by atoms with E-state index in [0.717, 1.165) is 38.8 Å². The number of nitrogens with zero attached hydrogens (tertiary/aromatic N) is 1. The van der Waals surface area contributed by atoms with Crippen LogP contribution in [0, 0.1) is 0 Å². The Morgan fingerprint density at radius 1 is 0.833 bits per heavy atom. The summed E-state index contributed by atoms with van der Waals surface area (Å²) in [6, 6.07) is 22.6. The standard InChI is InChI=1S/C30H44N2O3Si/c1-29(2,3)34-28(33)31-23-17-19-24(20-18-23)32-21-25(22-32)35-36(30(4,5)6,26-13-9-7-10-14-26)27-15-11-8-12-16-27/h7-16,23-25H,17-22H2,1-6H3,(H,31,33). The minimum absolute atomic E-state index is 0.00151. The van der Waals surface area contributed by atoms with E-state index in [9.17, 15) is 4.79 Å². The van der Waals surface area contributed by atoms with E-state index in [2.05, 4.69) is 91.7 Å². The number of amides is 1. The summed E-state index contributed by atoms with van der Waals surface area (Å²) in [7, 11) is -2.50. The van der Waals surface area contributed by atoms with Gasteiger partial charge in [0.2, 0.25) is 0 Å². The van der Waals surface area contributed by atoms with Gasteiger partial charge in [0.1, 0.15) is 5.60 Å². The largest absolute Gasteiger partial charge is 0.444 e. The van der Waals surface area contributed by atoms with Crippen LogP contribution in [0.4, 0.5) is 4.79 Å². The first-order valence-corrected chi connectivity index (χ1v) is 15.4. The zero-order chi connectivity index (χ0) is 26.0. The number of nitrogens with one attached hydrogen (secondary N) is 1.